The molecule has 2 aromatic rings. The first-order valence-corrected chi connectivity index (χ1v) is 9.61. The summed E-state index contributed by atoms with van der Waals surface area (Å²) in [6.07, 6.45) is -3.28. The number of anilines is 1. The van der Waals surface area contributed by atoms with Crippen LogP contribution in [0, 0.1) is 11.3 Å². The summed E-state index contributed by atoms with van der Waals surface area (Å²) in [5.74, 6) is 0.00570. The molecule has 0 N–H and O–H groups in total. The van der Waals surface area contributed by atoms with E-state index in [1.165, 1.54) is 4.31 Å². The lowest BCUT2D eigenvalue weighted by Gasteiger charge is -2.34. The minimum Gasteiger partial charge on any atom is -0.406 e. The van der Waals surface area contributed by atoms with E-state index in [4.69, 9.17) is 5.26 Å². The van der Waals surface area contributed by atoms with Gasteiger partial charge in [0.1, 0.15) is 17.6 Å². The zero-order valence-electron chi connectivity index (χ0n) is 14.4. The zero-order chi connectivity index (χ0) is 20.4. The Kier molecular flexibility index (Phi) is 5.44. The maximum Gasteiger partial charge on any atom is 0.573 e. The van der Waals surface area contributed by atoms with Crippen molar-refractivity contribution in [3.8, 4) is 11.8 Å². The number of sulfonamides is 1. The van der Waals surface area contributed by atoms with Crippen LogP contribution < -0.4 is 9.64 Å². The Morgan fingerprint density at radius 1 is 1.07 bits per heavy atom. The van der Waals surface area contributed by atoms with Gasteiger partial charge in [-0.05, 0) is 36.4 Å². The van der Waals surface area contributed by atoms with Gasteiger partial charge in [-0.25, -0.2) is 13.4 Å². The number of nitriles is 1. The minimum atomic E-state index is -4.84. The third-order valence-corrected chi connectivity index (χ3v) is 6.05. The van der Waals surface area contributed by atoms with E-state index in [1.807, 2.05) is 4.90 Å². The lowest BCUT2D eigenvalue weighted by molar-refractivity contribution is -0.274. The number of halogens is 3. The van der Waals surface area contributed by atoms with E-state index >= 15 is 0 Å². The van der Waals surface area contributed by atoms with Gasteiger partial charge in [0.2, 0.25) is 10.0 Å². The second kappa shape index (κ2) is 7.65. The largest absolute Gasteiger partial charge is 0.573 e. The topological polar surface area (TPSA) is 86.5 Å². The average molecular weight is 412 g/mol. The first-order valence-electron chi connectivity index (χ1n) is 8.17. The highest BCUT2D eigenvalue weighted by Crippen LogP contribution is 2.26. The molecule has 1 aromatic heterocycles. The van der Waals surface area contributed by atoms with E-state index in [9.17, 15) is 21.6 Å². The van der Waals surface area contributed by atoms with Gasteiger partial charge in [-0.3, -0.25) is 0 Å². The van der Waals surface area contributed by atoms with Crippen molar-refractivity contribution >= 4 is 15.8 Å². The molecule has 0 spiro atoms. The Bertz CT molecular complexity index is 980. The Hall–Kier alpha value is -2.84. The Morgan fingerprint density at radius 2 is 1.71 bits per heavy atom. The molecule has 7 nitrogen and oxygen atoms in total. The number of ether oxygens (including phenoxy) is 1. The van der Waals surface area contributed by atoms with Gasteiger partial charge in [0.25, 0.3) is 0 Å². The molecule has 148 valence electrons. The predicted molar refractivity (Wildman–Crippen MR) is 93.0 cm³/mol. The zero-order valence-corrected chi connectivity index (χ0v) is 15.2. The summed E-state index contributed by atoms with van der Waals surface area (Å²) in [4.78, 5) is 5.89. The lowest BCUT2D eigenvalue weighted by atomic mass is 10.2. The molecule has 28 heavy (non-hydrogen) atoms. The quantitative estimate of drug-likeness (QED) is 0.766. The second-order valence-electron chi connectivity index (χ2n) is 5.90. The van der Waals surface area contributed by atoms with Crippen molar-refractivity contribution in [2.45, 2.75) is 11.3 Å². The molecule has 1 fully saturated rings. The minimum absolute atomic E-state index is 0.119. The standard InChI is InChI=1S/C17H15F3N4O3S/c18-17(19,20)27-14-3-5-15(6-4-14)28(25,26)24-10-8-23(9-11-24)16-13(12-21)2-1-7-22-16/h1-7H,8-11H2. The SMILES string of the molecule is N#Cc1cccnc1N1CCN(S(=O)(=O)c2ccc(OC(F)(F)F)cc2)CC1. The van der Waals surface area contributed by atoms with Gasteiger partial charge < -0.3 is 9.64 Å². The predicted octanol–water partition coefficient (Wildman–Crippen LogP) is 2.36. The van der Waals surface area contributed by atoms with E-state index in [0.29, 0.717) is 24.5 Å². The van der Waals surface area contributed by atoms with E-state index in [2.05, 4.69) is 15.8 Å². The van der Waals surface area contributed by atoms with Crippen LogP contribution >= 0.6 is 0 Å². The van der Waals surface area contributed by atoms with Crippen LogP contribution in [0.1, 0.15) is 5.56 Å². The van der Waals surface area contributed by atoms with Crippen LogP contribution in [0.25, 0.3) is 0 Å². The van der Waals surface area contributed by atoms with Gasteiger partial charge in [-0.2, -0.15) is 9.57 Å². The van der Waals surface area contributed by atoms with Gasteiger partial charge in [0.15, 0.2) is 0 Å². The van der Waals surface area contributed by atoms with Crippen LogP contribution in [0.15, 0.2) is 47.5 Å². The summed E-state index contributed by atoms with van der Waals surface area (Å²) in [5, 5.41) is 9.17. The van der Waals surface area contributed by atoms with Crippen LogP contribution in [0.2, 0.25) is 0 Å². The van der Waals surface area contributed by atoms with Crippen molar-refractivity contribution in [2.24, 2.45) is 0 Å². The fourth-order valence-corrected chi connectivity index (χ4v) is 4.26. The number of hydrogen-bond acceptors (Lipinski definition) is 6. The Balaban J connectivity index is 1.70. The number of hydrogen-bond donors (Lipinski definition) is 0. The normalized spacial score (nSPS) is 15.9. The molecule has 1 saturated heterocycles. The van der Waals surface area contributed by atoms with Crippen LogP contribution in [-0.2, 0) is 10.0 Å². The third kappa shape index (κ3) is 4.35. The summed E-state index contributed by atoms with van der Waals surface area (Å²) in [5.41, 5.74) is 0.402. The number of rotatable bonds is 4. The van der Waals surface area contributed by atoms with E-state index < -0.39 is 22.1 Å². The molecule has 1 aliphatic heterocycles. The molecule has 0 amide bonds. The van der Waals surface area contributed by atoms with E-state index in [-0.39, 0.29) is 18.0 Å². The molecule has 3 rings (SSSR count). The molecule has 0 radical (unpaired) electrons. The van der Waals surface area contributed by atoms with E-state index in [0.717, 1.165) is 24.3 Å². The fourth-order valence-electron chi connectivity index (χ4n) is 2.84. The Labute approximate surface area is 159 Å². The van der Waals surface area contributed by atoms with Crippen LogP contribution in [0.3, 0.4) is 0 Å². The lowest BCUT2D eigenvalue weighted by Crippen LogP contribution is -2.49. The summed E-state index contributed by atoms with van der Waals surface area (Å²) in [6.45, 7) is 0.982. The summed E-state index contributed by atoms with van der Waals surface area (Å²) in [6, 6.07) is 9.42. The van der Waals surface area contributed by atoms with Crippen molar-refractivity contribution in [1.29, 1.82) is 5.26 Å². The molecule has 0 bridgehead atoms. The summed E-state index contributed by atoms with van der Waals surface area (Å²) >= 11 is 0. The van der Waals surface area contributed by atoms with Gasteiger partial charge in [0.05, 0.1) is 10.5 Å². The highest BCUT2D eigenvalue weighted by atomic mass is 32.2. The molecular weight excluding hydrogens is 397 g/mol. The van der Waals surface area contributed by atoms with Crippen molar-refractivity contribution in [3.05, 3.63) is 48.2 Å². The Morgan fingerprint density at radius 3 is 2.29 bits per heavy atom. The number of benzene rings is 1. The van der Waals surface area contributed by atoms with Crippen LogP contribution in [-0.4, -0.2) is 50.2 Å². The molecule has 1 aromatic carbocycles. The van der Waals surface area contributed by atoms with Gasteiger partial charge >= 0.3 is 6.36 Å². The molecule has 0 unspecified atom stereocenters. The summed E-state index contributed by atoms with van der Waals surface area (Å²) in [7, 11) is -3.86. The smallest absolute Gasteiger partial charge is 0.406 e. The van der Waals surface area contributed by atoms with Crippen molar-refractivity contribution in [2.75, 3.05) is 31.1 Å². The molecule has 11 heteroatoms. The first-order chi connectivity index (χ1) is 13.2. The van der Waals surface area contributed by atoms with E-state index in [1.54, 1.807) is 18.3 Å². The molecule has 0 saturated carbocycles. The highest BCUT2D eigenvalue weighted by Gasteiger charge is 2.32. The van der Waals surface area contributed by atoms with Crippen molar-refractivity contribution in [3.63, 3.8) is 0 Å². The molecular formula is C17H15F3N4O3S. The molecule has 0 atom stereocenters. The van der Waals surface area contributed by atoms with Crippen molar-refractivity contribution < 1.29 is 26.3 Å². The number of pyridine rings is 1. The molecule has 1 aliphatic rings. The van der Waals surface area contributed by atoms with Gasteiger partial charge in [0, 0.05) is 32.4 Å². The third-order valence-electron chi connectivity index (χ3n) is 4.14. The average Bonchev–Trinajstić information content (AvgIpc) is 2.67. The number of nitrogens with zero attached hydrogens (tertiary/aromatic N) is 4. The number of aromatic nitrogens is 1. The molecule has 2 heterocycles. The van der Waals surface area contributed by atoms with Gasteiger partial charge in [-0.1, -0.05) is 0 Å². The fraction of sp³-hybridized carbons (Fsp3) is 0.294. The van der Waals surface area contributed by atoms with Gasteiger partial charge in [-0.15, -0.1) is 13.2 Å². The maximum atomic E-state index is 12.7. The number of alkyl halides is 3. The summed E-state index contributed by atoms with van der Waals surface area (Å²) < 4.78 is 67.1. The number of piperazine rings is 1. The van der Waals surface area contributed by atoms with Crippen LogP contribution in [0.4, 0.5) is 19.0 Å². The van der Waals surface area contributed by atoms with Crippen molar-refractivity contribution in [1.82, 2.24) is 9.29 Å². The van der Waals surface area contributed by atoms with Crippen LogP contribution in [0.5, 0.6) is 5.75 Å². The first kappa shape index (κ1) is 19.9. The maximum absolute atomic E-state index is 12.7. The molecule has 0 aliphatic carbocycles. The monoisotopic (exact) mass is 412 g/mol. The second-order valence-corrected chi connectivity index (χ2v) is 7.83. The highest BCUT2D eigenvalue weighted by molar-refractivity contribution is 7.89.